The zero-order valence-electron chi connectivity index (χ0n) is 13.0. The fraction of sp³-hybridized carbons (Fsp3) is 0.0588. The van der Waals surface area contributed by atoms with Gasteiger partial charge in [-0.2, -0.15) is 0 Å². The van der Waals surface area contributed by atoms with Crippen LogP contribution in [0.5, 0.6) is 0 Å². The van der Waals surface area contributed by atoms with Crippen LogP contribution in [-0.2, 0) is 4.79 Å². The van der Waals surface area contributed by atoms with Crippen LogP contribution in [0.4, 0.5) is 5.69 Å². The molecule has 1 aliphatic heterocycles. The molecule has 0 radical (unpaired) electrons. The smallest absolute Gasteiger partial charge is 0.265 e. The molecule has 0 atom stereocenters. The standard InChI is InChI=1S/C17H12ClN3O2S2/c1-21-16(23)14(25-17(21)24)8-10-2-4-11(5-3-10)15(22)20-13-6-7-19-9-12(13)18/h2-9H,1H3,(H,19,20,22). The van der Waals surface area contributed by atoms with Crippen molar-refractivity contribution in [1.29, 1.82) is 0 Å². The van der Waals surface area contributed by atoms with Crippen LogP contribution in [0.25, 0.3) is 6.08 Å². The van der Waals surface area contributed by atoms with Crippen LogP contribution in [0.2, 0.25) is 5.02 Å². The van der Waals surface area contributed by atoms with Crippen LogP contribution in [-0.4, -0.2) is 33.1 Å². The van der Waals surface area contributed by atoms with Gasteiger partial charge in [-0.25, -0.2) is 0 Å². The first-order chi connectivity index (χ1) is 12.0. The summed E-state index contributed by atoms with van der Waals surface area (Å²) in [5, 5.41) is 3.10. The van der Waals surface area contributed by atoms with Gasteiger partial charge in [0.15, 0.2) is 0 Å². The third-order valence-electron chi connectivity index (χ3n) is 3.48. The Labute approximate surface area is 159 Å². The molecule has 2 amide bonds. The van der Waals surface area contributed by atoms with Crippen molar-refractivity contribution in [3.05, 3.63) is 63.8 Å². The van der Waals surface area contributed by atoms with E-state index in [4.69, 9.17) is 23.8 Å². The largest absolute Gasteiger partial charge is 0.321 e. The van der Waals surface area contributed by atoms with Gasteiger partial charge in [-0.1, -0.05) is 47.7 Å². The predicted octanol–water partition coefficient (Wildman–Crippen LogP) is 3.82. The number of amides is 2. The van der Waals surface area contributed by atoms with E-state index in [9.17, 15) is 9.59 Å². The molecule has 5 nitrogen and oxygen atoms in total. The lowest BCUT2D eigenvalue weighted by Gasteiger charge is -2.07. The van der Waals surface area contributed by atoms with Gasteiger partial charge in [0.05, 0.1) is 15.6 Å². The van der Waals surface area contributed by atoms with Gasteiger partial charge in [0.1, 0.15) is 4.32 Å². The summed E-state index contributed by atoms with van der Waals surface area (Å²) >= 11 is 12.3. The molecule has 0 spiro atoms. The van der Waals surface area contributed by atoms with Gasteiger partial charge in [-0.15, -0.1) is 0 Å². The van der Waals surface area contributed by atoms with Gasteiger partial charge in [0, 0.05) is 25.0 Å². The van der Waals surface area contributed by atoms with E-state index in [0.29, 0.717) is 25.5 Å². The molecule has 8 heteroatoms. The highest BCUT2D eigenvalue weighted by Crippen LogP contribution is 2.31. The highest BCUT2D eigenvalue weighted by molar-refractivity contribution is 8.26. The summed E-state index contributed by atoms with van der Waals surface area (Å²) in [5.74, 6) is -0.399. The Bertz CT molecular complexity index is 897. The first-order valence-corrected chi connectivity index (χ1v) is 8.78. The monoisotopic (exact) mass is 389 g/mol. The van der Waals surface area contributed by atoms with Gasteiger partial charge < -0.3 is 5.32 Å². The lowest BCUT2D eigenvalue weighted by atomic mass is 10.1. The highest BCUT2D eigenvalue weighted by Gasteiger charge is 2.28. The van der Waals surface area contributed by atoms with E-state index >= 15 is 0 Å². The van der Waals surface area contributed by atoms with Crippen LogP contribution in [0.1, 0.15) is 15.9 Å². The molecule has 0 unspecified atom stereocenters. The average Bonchev–Trinajstić information content (AvgIpc) is 2.84. The summed E-state index contributed by atoms with van der Waals surface area (Å²) in [6.07, 6.45) is 4.77. The van der Waals surface area contributed by atoms with Crippen molar-refractivity contribution in [1.82, 2.24) is 9.88 Å². The number of thiocarbonyl (C=S) groups is 1. The van der Waals surface area contributed by atoms with E-state index in [1.165, 1.54) is 22.9 Å². The summed E-state index contributed by atoms with van der Waals surface area (Å²) in [6.45, 7) is 0. The van der Waals surface area contributed by atoms with Crippen LogP contribution >= 0.6 is 35.6 Å². The highest BCUT2D eigenvalue weighted by atomic mass is 35.5. The number of nitrogens with zero attached hydrogens (tertiary/aromatic N) is 2. The quantitative estimate of drug-likeness (QED) is 0.638. The third-order valence-corrected chi connectivity index (χ3v) is 5.26. The molecule has 25 heavy (non-hydrogen) atoms. The number of thioether (sulfide) groups is 1. The van der Waals surface area contributed by atoms with E-state index in [1.807, 2.05) is 0 Å². The fourth-order valence-electron chi connectivity index (χ4n) is 2.10. The van der Waals surface area contributed by atoms with E-state index in [1.54, 1.807) is 49.7 Å². The lowest BCUT2D eigenvalue weighted by Crippen LogP contribution is -2.22. The van der Waals surface area contributed by atoms with Crippen molar-refractivity contribution in [3.63, 3.8) is 0 Å². The minimum atomic E-state index is -0.278. The maximum atomic E-state index is 12.3. The number of hydrogen-bond acceptors (Lipinski definition) is 5. The molecule has 126 valence electrons. The number of halogens is 1. The molecule has 1 aromatic heterocycles. The Kier molecular flexibility index (Phi) is 5.17. The molecule has 1 aliphatic rings. The van der Waals surface area contributed by atoms with Gasteiger partial charge in [0.2, 0.25) is 0 Å². The number of likely N-dealkylation sites (N-methyl/N-ethyl adjacent to an activating group) is 1. The van der Waals surface area contributed by atoms with Crippen LogP contribution < -0.4 is 5.32 Å². The molecule has 2 heterocycles. The Morgan fingerprint density at radius 3 is 2.64 bits per heavy atom. The van der Waals surface area contributed by atoms with Gasteiger partial charge in [0.25, 0.3) is 11.8 Å². The third kappa shape index (κ3) is 3.89. The molecule has 0 saturated carbocycles. The topological polar surface area (TPSA) is 62.3 Å². The van der Waals surface area contributed by atoms with Crippen molar-refractivity contribution in [3.8, 4) is 0 Å². The van der Waals surface area contributed by atoms with Crippen molar-refractivity contribution in [2.75, 3.05) is 12.4 Å². The lowest BCUT2D eigenvalue weighted by molar-refractivity contribution is -0.121. The molecule has 3 rings (SSSR count). The summed E-state index contributed by atoms with van der Waals surface area (Å²) in [4.78, 5) is 30.1. The maximum Gasteiger partial charge on any atom is 0.265 e. The number of hydrogen-bond donors (Lipinski definition) is 1. The Hall–Kier alpha value is -2.22. The van der Waals surface area contributed by atoms with E-state index in [0.717, 1.165) is 5.56 Å². The first-order valence-electron chi connectivity index (χ1n) is 7.18. The second kappa shape index (κ2) is 7.35. The number of carbonyl (C=O) groups excluding carboxylic acids is 2. The second-order valence-corrected chi connectivity index (χ2v) is 7.26. The number of nitrogens with one attached hydrogen (secondary N) is 1. The van der Waals surface area contributed by atoms with Crippen molar-refractivity contribution < 1.29 is 9.59 Å². The number of aromatic nitrogens is 1. The van der Waals surface area contributed by atoms with E-state index < -0.39 is 0 Å². The summed E-state index contributed by atoms with van der Waals surface area (Å²) in [6, 6.07) is 8.53. The van der Waals surface area contributed by atoms with Crippen molar-refractivity contribution in [2.45, 2.75) is 0 Å². The molecule has 1 fully saturated rings. The van der Waals surface area contributed by atoms with Crippen LogP contribution in [0, 0.1) is 0 Å². The molecule has 1 saturated heterocycles. The number of rotatable bonds is 3. The minimum absolute atomic E-state index is 0.121. The number of benzene rings is 1. The van der Waals surface area contributed by atoms with Crippen molar-refractivity contribution in [2.24, 2.45) is 0 Å². The minimum Gasteiger partial charge on any atom is -0.321 e. The predicted molar refractivity (Wildman–Crippen MR) is 105 cm³/mol. The zero-order chi connectivity index (χ0) is 18.0. The molecule has 1 N–H and O–H groups in total. The summed E-state index contributed by atoms with van der Waals surface area (Å²) in [7, 11) is 1.65. The number of anilines is 1. The summed E-state index contributed by atoms with van der Waals surface area (Å²) in [5.41, 5.74) is 1.79. The van der Waals surface area contributed by atoms with E-state index in [-0.39, 0.29) is 11.8 Å². The van der Waals surface area contributed by atoms with Gasteiger partial charge in [-0.05, 0) is 29.8 Å². The SMILES string of the molecule is CN1C(=O)C(=Cc2ccc(C(=O)Nc3ccncc3Cl)cc2)SC1=S. The zero-order valence-corrected chi connectivity index (χ0v) is 15.4. The fourth-order valence-corrected chi connectivity index (χ4v) is 3.44. The Morgan fingerprint density at radius 2 is 2.04 bits per heavy atom. The molecule has 1 aromatic carbocycles. The average molecular weight is 390 g/mol. The normalized spacial score (nSPS) is 15.8. The van der Waals surface area contributed by atoms with Crippen LogP contribution in [0.15, 0.2) is 47.6 Å². The van der Waals surface area contributed by atoms with Gasteiger partial charge >= 0.3 is 0 Å². The molecule has 0 aliphatic carbocycles. The maximum absolute atomic E-state index is 12.3. The first kappa shape index (κ1) is 17.6. The summed E-state index contributed by atoms with van der Waals surface area (Å²) < 4.78 is 0.529. The molecule has 0 bridgehead atoms. The molecule has 2 aromatic rings. The second-order valence-electron chi connectivity index (χ2n) is 5.17. The van der Waals surface area contributed by atoms with Crippen molar-refractivity contribution >= 4 is 63.5 Å². The number of carbonyl (C=O) groups is 2. The van der Waals surface area contributed by atoms with E-state index in [2.05, 4.69) is 10.3 Å². The van der Waals surface area contributed by atoms with Crippen LogP contribution in [0.3, 0.4) is 0 Å². The van der Waals surface area contributed by atoms with Gasteiger partial charge in [-0.3, -0.25) is 19.5 Å². The molecular weight excluding hydrogens is 378 g/mol. The molecular formula is C17H12ClN3O2S2. The Balaban J connectivity index is 1.74. The number of pyridine rings is 1. The Morgan fingerprint density at radius 1 is 1.32 bits per heavy atom.